The van der Waals surface area contributed by atoms with Crippen LogP contribution in [0.4, 0.5) is 15.8 Å². The van der Waals surface area contributed by atoms with Crippen LogP contribution in [0.25, 0.3) is 0 Å². The topological polar surface area (TPSA) is 84.6 Å². The first kappa shape index (κ1) is 14.5. The molecule has 2 unspecified atom stereocenters. The van der Waals surface area contributed by atoms with Crippen LogP contribution in [0.1, 0.15) is 19.3 Å². The van der Waals surface area contributed by atoms with Crippen LogP contribution in [0.15, 0.2) is 12.1 Å². The quantitative estimate of drug-likeness (QED) is 0.640. The molecule has 2 atom stereocenters. The summed E-state index contributed by atoms with van der Waals surface area (Å²) in [5.41, 5.74) is -0.238. The standard InChI is InChI=1S/C13H17FN2O4/c1-20-13-6-11(9(14)5-12(13)16(18)19)15-10-4-2-3-8(10)7-17/h5-6,8,10,15,17H,2-4,7H2,1H3. The Labute approximate surface area is 115 Å². The van der Waals surface area contributed by atoms with Crippen molar-refractivity contribution in [2.24, 2.45) is 5.92 Å². The first-order valence-electron chi connectivity index (χ1n) is 6.46. The van der Waals surface area contributed by atoms with Crippen molar-refractivity contribution in [1.82, 2.24) is 0 Å². The van der Waals surface area contributed by atoms with Gasteiger partial charge in [0.1, 0.15) is 0 Å². The molecule has 2 rings (SSSR count). The Bertz CT molecular complexity index is 509. The minimum Gasteiger partial charge on any atom is -0.490 e. The third-order valence-electron chi connectivity index (χ3n) is 3.70. The molecular formula is C13H17FN2O4. The van der Waals surface area contributed by atoms with E-state index in [4.69, 9.17) is 4.74 Å². The Morgan fingerprint density at radius 3 is 2.90 bits per heavy atom. The van der Waals surface area contributed by atoms with Crippen LogP contribution < -0.4 is 10.1 Å². The van der Waals surface area contributed by atoms with E-state index in [0.29, 0.717) is 0 Å². The summed E-state index contributed by atoms with van der Waals surface area (Å²) in [6.07, 6.45) is 2.69. The van der Waals surface area contributed by atoms with Crippen LogP contribution in [0, 0.1) is 21.8 Å². The van der Waals surface area contributed by atoms with Crippen LogP contribution in [0.5, 0.6) is 5.75 Å². The number of halogens is 1. The van der Waals surface area contributed by atoms with Gasteiger partial charge in [-0.2, -0.15) is 0 Å². The van der Waals surface area contributed by atoms with Crippen molar-refractivity contribution >= 4 is 11.4 Å². The zero-order chi connectivity index (χ0) is 14.7. The third-order valence-corrected chi connectivity index (χ3v) is 3.70. The van der Waals surface area contributed by atoms with Gasteiger partial charge in [0.15, 0.2) is 11.6 Å². The maximum Gasteiger partial charge on any atom is 0.313 e. The number of aliphatic hydroxyl groups is 1. The second-order valence-electron chi connectivity index (χ2n) is 4.89. The van der Waals surface area contributed by atoms with Crippen LogP contribution in [-0.2, 0) is 0 Å². The third kappa shape index (κ3) is 2.82. The Balaban J connectivity index is 2.26. The fraction of sp³-hybridized carbons (Fsp3) is 0.538. The second kappa shape index (κ2) is 6.04. The molecular weight excluding hydrogens is 267 g/mol. The minimum atomic E-state index is -0.693. The highest BCUT2D eigenvalue weighted by atomic mass is 19.1. The summed E-state index contributed by atoms with van der Waals surface area (Å²) < 4.78 is 18.8. The number of methoxy groups -OCH3 is 1. The molecule has 6 nitrogen and oxygen atoms in total. The zero-order valence-corrected chi connectivity index (χ0v) is 11.1. The summed E-state index contributed by atoms with van der Waals surface area (Å²) in [4.78, 5) is 10.1. The maximum absolute atomic E-state index is 13.9. The van der Waals surface area contributed by atoms with Crippen LogP contribution >= 0.6 is 0 Å². The molecule has 2 N–H and O–H groups in total. The number of nitrogens with one attached hydrogen (secondary N) is 1. The van der Waals surface area contributed by atoms with Gasteiger partial charge < -0.3 is 15.2 Å². The van der Waals surface area contributed by atoms with Crippen molar-refractivity contribution in [1.29, 1.82) is 0 Å². The lowest BCUT2D eigenvalue weighted by molar-refractivity contribution is -0.385. The van der Waals surface area contributed by atoms with Crippen molar-refractivity contribution in [3.8, 4) is 5.75 Å². The normalized spacial score (nSPS) is 21.8. The van der Waals surface area contributed by atoms with Gasteiger partial charge in [-0.1, -0.05) is 6.42 Å². The number of hydrogen-bond donors (Lipinski definition) is 2. The van der Waals surface area contributed by atoms with E-state index in [0.717, 1.165) is 25.3 Å². The summed E-state index contributed by atoms with van der Waals surface area (Å²) in [6.45, 7) is 0.0450. The molecule has 1 fully saturated rings. The van der Waals surface area contributed by atoms with Gasteiger partial charge in [0.05, 0.1) is 23.8 Å². The summed E-state index contributed by atoms with van der Waals surface area (Å²) >= 11 is 0. The molecule has 0 radical (unpaired) electrons. The summed E-state index contributed by atoms with van der Waals surface area (Å²) in [7, 11) is 1.30. The van der Waals surface area contributed by atoms with Gasteiger partial charge >= 0.3 is 5.69 Å². The van der Waals surface area contributed by atoms with Crippen LogP contribution in [-0.4, -0.2) is 29.8 Å². The molecule has 0 spiro atoms. The maximum atomic E-state index is 13.9. The zero-order valence-electron chi connectivity index (χ0n) is 11.1. The molecule has 0 heterocycles. The number of anilines is 1. The molecule has 1 aliphatic carbocycles. The number of nitro benzene ring substituents is 1. The molecule has 0 aromatic heterocycles. The number of hydrogen-bond acceptors (Lipinski definition) is 5. The highest BCUT2D eigenvalue weighted by Crippen LogP contribution is 2.35. The van der Waals surface area contributed by atoms with Gasteiger partial charge in [-0.25, -0.2) is 4.39 Å². The number of rotatable bonds is 5. The fourth-order valence-corrected chi connectivity index (χ4v) is 2.60. The van der Waals surface area contributed by atoms with E-state index < -0.39 is 16.4 Å². The summed E-state index contributed by atoms with van der Waals surface area (Å²) in [6, 6.07) is 2.12. The first-order chi connectivity index (χ1) is 9.56. The first-order valence-corrected chi connectivity index (χ1v) is 6.46. The molecule has 20 heavy (non-hydrogen) atoms. The molecule has 7 heteroatoms. The fourth-order valence-electron chi connectivity index (χ4n) is 2.60. The molecule has 0 saturated heterocycles. The van der Waals surface area contributed by atoms with E-state index in [2.05, 4.69) is 5.32 Å². The number of ether oxygens (including phenoxy) is 1. The number of nitrogens with zero attached hydrogens (tertiary/aromatic N) is 1. The van der Waals surface area contributed by atoms with Gasteiger partial charge in [0.25, 0.3) is 0 Å². The van der Waals surface area contributed by atoms with Crippen molar-refractivity contribution in [3.05, 3.63) is 28.1 Å². The van der Waals surface area contributed by atoms with Crippen molar-refractivity contribution < 1.29 is 19.2 Å². The monoisotopic (exact) mass is 284 g/mol. The van der Waals surface area contributed by atoms with Crippen LogP contribution in [0.3, 0.4) is 0 Å². The second-order valence-corrected chi connectivity index (χ2v) is 4.89. The number of nitro groups is 1. The molecule has 0 aliphatic heterocycles. The van der Waals surface area contributed by atoms with E-state index in [1.54, 1.807) is 0 Å². The van der Waals surface area contributed by atoms with Gasteiger partial charge in [0, 0.05) is 24.6 Å². The van der Waals surface area contributed by atoms with Gasteiger partial charge in [-0.15, -0.1) is 0 Å². The molecule has 110 valence electrons. The van der Waals surface area contributed by atoms with Gasteiger partial charge in [0.2, 0.25) is 0 Å². The van der Waals surface area contributed by atoms with Crippen molar-refractivity contribution in [2.45, 2.75) is 25.3 Å². The Morgan fingerprint density at radius 2 is 2.30 bits per heavy atom. The van der Waals surface area contributed by atoms with E-state index in [1.165, 1.54) is 13.2 Å². The van der Waals surface area contributed by atoms with E-state index >= 15 is 0 Å². The van der Waals surface area contributed by atoms with Gasteiger partial charge in [-0.3, -0.25) is 10.1 Å². The van der Waals surface area contributed by atoms with E-state index in [-0.39, 0.29) is 30.0 Å². The smallest absolute Gasteiger partial charge is 0.313 e. The molecule has 1 aromatic rings. The lowest BCUT2D eigenvalue weighted by Gasteiger charge is -2.21. The largest absolute Gasteiger partial charge is 0.490 e. The molecule has 1 aromatic carbocycles. The number of aliphatic hydroxyl groups excluding tert-OH is 1. The average Bonchev–Trinajstić information content (AvgIpc) is 2.87. The van der Waals surface area contributed by atoms with Crippen molar-refractivity contribution in [3.63, 3.8) is 0 Å². The highest BCUT2D eigenvalue weighted by Gasteiger charge is 2.28. The van der Waals surface area contributed by atoms with E-state index in [9.17, 15) is 19.6 Å². The average molecular weight is 284 g/mol. The SMILES string of the molecule is COc1cc(NC2CCCC2CO)c(F)cc1[N+](=O)[O-]. The highest BCUT2D eigenvalue weighted by molar-refractivity contribution is 5.59. The van der Waals surface area contributed by atoms with Crippen LogP contribution in [0.2, 0.25) is 0 Å². The lowest BCUT2D eigenvalue weighted by Crippen LogP contribution is -2.26. The molecule has 1 aliphatic rings. The number of benzene rings is 1. The lowest BCUT2D eigenvalue weighted by atomic mass is 10.0. The minimum absolute atomic E-state index is 0.0115. The van der Waals surface area contributed by atoms with E-state index in [1.807, 2.05) is 0 Å². The molecule has 1 saturated carbocycles. The predicted octanol–water partition coefficient (Wildman–Crippen LogP) is 2.32. The predicted molar refractivity (Wildman–Crippen MR) is 71.4 cm³/mol. The Kier molecular flexibility index (Phi) is 4.39. The van der Waals surface area contributed by atoms with Crippen molar-refractivity contribution in [2.75, 3.05) is 19.0 Å². The molecule has 0 bridgehead atoms. The van der Waals surface area contributed by atoms with Gasteiger partial charge in [-0.05, 0) is 12.8 Å². The Morgan fingerprint density at radius 1 is 1.55 bits per heavy atom. The summed E-state index contributed by atoms with van der Waals surface area (Å²) in [5, 5.41) is 23.1. The molecule has 0 amide bonds. The summed E-state index contributed by atoms with van der Waals surface area (Å²) in [5.74, 6) is -0.603. The Hall–Kier alpha value is -1.89.